The first kappa shape index (κ1) is 26.1. The molecule has 0 saturated heterocycles. The smallest absolute Gasteiger partial charge is 0.351 e. The molecule has 1 atom stereocenters. The highest BCUT2D eigenvalue weighted by molar-refractivity contribution is 7.74. The lowest BCUT2D eigenvalue weighted by molar-refractivity contribution is -0.141. The molecule has 0 aliphatic carbocycles. The van der Waals surface area contributed by atoms with Crippen molar-refractivity contribution in [2.75, 3.05) is 11.4 Å². The molecular weight excluding hydrogens is 493 g/mol. The van der Waals surface area contributed by atoms with Gasteiger partial charge in [0.05, 0.1) is 17.3 Å². The maximum absolute atomic E-state index is 14.4. The van der Waals surface area contributed by atoms with E-state index in [0.717, 1.165) is 34.6 Å². The minimum absolute atomic E-state index is 0.104. The lowest BCUT2D eigenvalue weighted by Crippen LogP contribution is -2.28. The summed E-state index contributed by atoms with van der Waals surface area (Å²) >= 11 is 0. The summed E-state index contributed by atoms with van der Waals surface area (Å²) in [4.78, 5) is 16.3. The largest absolute Gasteiger partial charge is 0.433 e. The second-order valence-electron chi connectivity index (χ2n) is 7.62. The number of carbonyl (C=O) groups excluding carboxylic acids is 1. The van der Waals surface area contributed by atoms with Gasteiger partial charge in [-0.1, -0.05) is 24.3 Å². The number of nitrogens with one attached hydrogen (secondary N) is 1. The van der Waals surface area contributed by atoms with E-state index < -0.39 is 46.2 Å². The van der Waals surface area contributed by atoms with Crippen LogP contribution in [0.1, 0.15) is 29.7 Å². The van der Waals surface area contributed by atoms with Gasteiger partial charge in [-0.3, -0.25) is 9.10 Å². The maximum Gasteiger partial charge on any atom is 0.433 e. The number of nitrogens with zero attached hydrogens (tertiary/aromatic N) is 2. The van der Waals surface area contributed by atoms with E-state index in [1.165, 1.54) is 38.2 Å². The Bertz CT molecular complexity index is 1320. The number of aromatic nitrogens is 1. The van der Waals surface area contributed by atoms with E-state index in [0.29, 0.717) is 0 Å². The predicted octanol–water partition coefficient (Wildman–Crippen LogP) is 4.43. The predicted molar refractivity (Wildman–Crippen MR) is 120 cm³/mol. The van der Waals surface area contributed by atoms with Gasteiger partial charge in [0.1, 0.15) is 17.3 Å². The topological polar surface area (TPSA) is 79.4 Å². The Kier molecular flexibility index (Phi) is 7.73. The molecule has 35 heavy (non-hydrogen) atoms. The molecule has 1 unspecified atom stereocenters. The highest BCUT2D eigenvalue weighted by atomic mass is 32.2. The number of benzene rings is 2. The Morgan fingerprint density at radius 3 is 2.40 bits per heavy atom. The Labute approximate surface area is 199 Å². The van der Waals surface area contributed by atoms with Gasteiger partial charge in [0.15, 0.2) is 0 Å². The lowest BCUT2D eigenvalue weighted by Gasteiger charge is -2.17. The second kappa shape index (κ2) is 10.4. The lowest BCUT2D eigenvalue weighted by atomic mass is 9.99. The van der Waals surface area contributed by atoms with E-state index >= 15 is 0 Å². The van der Waals surface area contributed by atoms with Gasteiger partial charge in [0, 0.05) is 19.2 Å². The van der Waals surface area contributed by atoms with Gasteiger partial charge in [0.2, 0.25) is 16.8 Å². The summed E-state index contributed by atoms with van der Waals surface area (Å²) in [5.74, 6) is -2.94. The number of amides is 1. The molecule has 1 aromatic heterocycles. The molecule has 1 N–H and O–H groups in total. The third-order valence-electron chi connectivity index (χ3n) is 5.28. The molecule has 0 fully saturated rings. The summed E-state index contributed by atoms with van der Waals surface area (Å²) in [6, 6.07) is 10.5. The molecule has 12 heteroatoms. The van der Waals surface area contributed by atoms with E-state index in [-0.39, 0.29) is 34.6 Å². The number of anilines is 1. The van der Waals surface area contributed by atoms with Gasteiger partial charge < -0.3 is 5.32 Å². The van der Waals surface area contributed by atoms with Crippen molar-refractivity contribution in [3.63, 3.8) is 0 Å². The van der Waals surface area contributed by atoms with Crippen LogP contribution in [0.3, 0.4) is 0 Å². The maximum atomic E-state index is 14.4. The fraction of sp³-hybridized carbons (Fsp3) is 0.217. The first-order valence-corrected chi connectivity index (χ1v) is 11.3. The number of carbonyl (C=O) groups is 1. The van der Waals surface area contributed by atoms with E-state index in [1.807, 2.05) is 0 Å². The standard InChI is InChI=1S/C23H20F5N3O3S/c1-13(14-6-8-19(18(25)11-14)31(2)35(33)34)22(32)29-12-16-7-9-20(23(26,27)28)30-21(16)15-4-3-5-17(24)10-15/h3-11,13,35H,12H2,1-2H3,(H,29,32). The van der Waals surface area contributed by atoms with Gasteiger partial charge in [-0.15, -0.1) is 0 Å². The van der Waals surface area contributed by atoms with E-state index in [2.05, 4.69) is 10.3 Å². The van der Waals surface area contributed by atoms with E-state index in [9.17, 15) is 35.2 Å². The molecule has 0 radical (unpaired) electrons. The Hall–Kier alpha value is -3.54. The van der Waals surface area contributed by atoms with E-state index in [4.69, 9.17) is 0 Å². The zero-order valence-corrected chi connectivity index (χ0v) is 19.3. The van der Waals surface area contributed by atoms with E-state index in [1.54, 1.807) is 0 Å². The molecule has 1 heterocycles. The van der Waals surface area contributed by atoms with Gasteiger partial charge in [0.25, 0.3) is 0 Å². The zero-order valence-electron chi connectivity index (χ0n) is 18.4. The van der Waals surface area contributed by atoms with Crippen LogP contribution in [0.15, 0.2) is 54.6 Å². The highest BCUT2D eigenvalue weighted by Crippen LogP contribution is 2.32. The first-order valence-electron chi connectivity index (χ1n) is 10.2. The summed E-state index contributed by atoms with van der Waals surface area (Å²) in [5.41, 5.74) is -0.918. The van der Waals surface area contributed by atoms with Gasteiger partial charge >= 0.3 is 6.18 Å². The Morgan fingerprint density at radius 2 is 1.80 bits per heavy atom. The van der Waals surface area contributed by atoms with Crippen molar-refractivity contribution in [3.05, 3.63) is 83.1 Å². The molecule has 0 aliphatic rings. The fourth-order valence-corrected chi connectivity index (χ4v) is 3.64. The second-order valence-corrected chi connectivity index (χ2v) is 8.70. The zero-order chi connectivity index (χ0) is 25.9. The van der Waals surface area contributed by atoms with Crippen molar-refractivity contribution in [2.45, 2.75) is 25.6 Å². The Balaban J connectivity index is 1.83. The van der Waals surface area contributed by atoms with Gasteiger partial charge in [-0.05, 0) is 48.4 Å². The quantitative estimate of drug-likeness (QED) is 0.362. The van der Waals surface area contributed by atoms with Crippen molar-refractivity contribution < 1.29 is 35.2 Å². The molecule has 0 spiro atoms. The number of alkyl halides is 3. The first-order chi connectivity index (χ1) is 16.4. The van der Waals surface area contributed by atoms with Crippen LogP contribution in [0.25, 0.3) is 11.3 Å². The number of pyridine rings is 1. The van der Waals surface area contributed by atoms with Crippen LogP contribution in [0, 0.1) is 11.6 Å². The monoisotopic (exact) mass is 513 g/mol. The molecular formula is C23H20F5N3O3S. The third-order valence-corrected chi connectivity index (χ3v) is 5.98. The Morgan fingerprint density at radius 1 is 1.09 bits per heavy atom. The molecule has 6 nitrogen and oxygen atoms in total. The normalized spacial score (nSPS) is 12.5. The van der Waals surface area contributed by atoms with Crippen molar-refractivity contribution in [1.29, 1.82) is 0 Å². The average Bonchev–Trinajstić information content (AvgIpc) is 2.80. The van der Waals surface area contributed by atoms with Gasteiger partial charge in [-0.25, -0.2) is 22.2 Å². The molecule has 186 valence electrons. The third kappa shape index (κ3) is 6.13. The summed E-state index contributed by atoms with van der Waals surface area (Å²) in [6.07, 6.45) is -4.72. The molecule has 1 amide bonds. The van der Waals surface area contributed by atoms with Crippen molar-refractivity contribution in [1.82, 2.24) is 10.3 Å². The highest BCUT2D eigenvalue weighted by Gasteiger charge is 2.33. The van der Waals surface area contributed by atoms with Crippen LogP contribution in [-0.4, -0.2) is 26.4 Å². The molecule has 0 saturated carbocycles. The minimum Gasteiger partial charge on any atom is -0.351 e. The molecule has 2 aromatic carbocycles. The summed E-state index contributed by atoms with van der Waals surface area (Å²) in [7, 11) is -1.87. The SMILES string of the molecule is CC(C(=O)NCc1ccc(C(F)(F)F)nc1-c1cccc(F)c1)c1ccc(N(C)[SH](=O)=O)c(F)c1. The van der Waals surface area contributed by atoms with Crippen LogP contribution in [0.5, 0.6) is 0 Å². The number of thiol groups is 1. The summed E-state index contributed by atoms with van der Waals surface area (Å²) in [6.45, 7) is 1.26. The van der Waals surface area contributed by atoms with Crippen LogP contribution >= 0.6 is 0 Å². The number of hydrogen-bond donors (Lipinski definition) is 2. The summed E-state index contributed by atoms with van der Waals surface area (Å²) in [5, 5.41) is 2.57. The number of hydrogen-bond acceptors (Lipinski definition) is 4. The number of halogens is 5. The van der Waals surface area contributed by atoms with Crippen LogP contribution < -0.4 is 9.62 Å². The van der Waals surface area contributed by atoms with Crippen molar-refractivity contribution in [2.24, 2.45) is 0 Å². The van der Waals surface area contributed by atoms with Crippen molar-refractivity contribution >= 4 is 22.5 Å². The van der Waals surface area contributed by atoms with Crippen LogP contribution in [0.2, 0.25) is 0 Å². The average molecular weight is 513 g/mol. The van der Waals surface area contributed by atoms with Crippen LogP contribution in [0.4, 0.5) is 27.6 Å². The number of rotatable bonds is 7. The fourth-order valence-electron chi connectivity index (χ4n) is 3.30. The molecule has 0 aliphatic heterocycles. The molecule has 3 aromatic rings. The summed E-state index contributed by atoms with van der Waals surface area (Å²) < 4.78 is 90.5. The molecule has 0 bridgehead atoms. The van der Waals surface area contributed by atoms with Crippen LogP contribution in [-0.2, 0) is 28.4 Å². The molecule has 3 rings (SSSR count). The van der Waals surface area contributed by atoms with Gasteiger partial charge in [-0.2, -0.15) is 13.2 Å². The van der Waals surface area contributed by atoms with Crippen molar-refractivity contribution in [3.8, 4) is 11.3 Å². The minimum atomic E-state index is -4.72.